The Morgan fingerprint density at radius 1 is 1.45 bits per heavy atom. The molecule has 3 N–H and O–H groups in total. The normalized spacial score (nSPS) is 11.3. The van der Waals surface area contributed by atoms with Crippen molar-refractivity contribution in [2.75, 3.05) is 24.4 Å². The molecule has 2 rings (SSSR count). The zero-order chi connectivity index (χ0) is 14.8. The molecule has 0 aromatic carbocycles. The van der Waals surface area contributed by atoms with Gasteiger partial charge in [0.15, 0.2) is 15.7 Å². The molecule has 0 aliphatic heterocycles. The summed E-state index contributed by atoms with van der Waals surface area (Å²) in [6.45, 7) is 0.418. The number of ether oxygens (including phenoxy) is 1. The first-order valence-electron chi connectivity index (χ1n) is 5.60. The first kappa shape index (κ1) is 14.5. The Morgan fingerprint density at radius 3 is 2.75 bits per heavy atom. The number of nitrogens with one attached hydrogen (secondary N) is 1. The third-order valence-electron chi connectivity index (χ3n) is 2.50. The molecule has 2 aromatic heterocycles. The van der Waals surface area contributed by atoms with Gasteiger partial charge in [-0.15, -0.1) is 0 Å². The van der Waals surface area contributed by atoms with Gasteiger partial charge < -0.3 is 15.8 Å². The van der Waals surface area contributed by atoms with Crippen molar-refractivity contribution in [3.63, 3.8) is 0 Å². The van der Waals surface area contributed by atoms with Crippen LogP contribution in [0.2, 0.25) is 0 Å². The number of nitrogens with zero attached hydrogens (tertiary/aromatic N) is 2. The van der Waals surface area contributed by atoms with E-state index in [-0.39, 0.29) is 10.7 Å². The molecule has 2 aromatic rings. The average Bonchev–Trinajstić information content (AvgIpc) is 2.78. The summed E-state index contributed by atoms with van der Waals surface area (Å²) in [6.07, 6.45) is 2.75. The van der Waals surface area contributed by atoms with Crippen molar-refractivity contribution >= 4 is 32.2 Å². The largest absolute Gasteiger partial charge is 0.481 e. The van der Waals surface area contributed by atoms with Crippen LogP contribution < -0.4 is 15.8 Å². The molecule has 20 heavy (non-hydrogen) atoms. The zero-order valence-electron chi connectivity index (χ0n) is 11.0. The molecule has 0 saturated heterocycles. The Kier molecular flexibility index (Phi) is 4.09. The summed E-state index contributed by atoms with van der Waals surface area (Å²) in [4.78, 5) is 4.11. The minimum absolute atomic E-state index is 0.0212. The Labute approximate surface area is 120 Å². The third-order valence-corrected chi connectivity index (χ3v) is 4.61. The van der Waals surface area contributed by atoms with Crippen LogP contribution in [-0.2, 0) is 16.4 Å². The molecule has 0 unspecified atom stereocenters. The van der Waals surface area contributed by atoms with Crippen LogP contribution in [0, 0.1) is 0 Å². The quantitative estimate of drug-likeness (QED) is 0.852. The number of sulfone groups is 1. The minimum Gasteiger partial charge on any atom is -0.481 e. The van der Waals surface area contributed by atoms with Crippen LogP contribution in [0.3, 0.4) is 0 Å². The van der Waals surface area contributed by atoms with Crippen LogP contribution in [0.15, 0.2) is 23.2 Å². The van der Waals surface area contributed by atoms with Gasteiger partial charge in [-0.3, -0.25) is 0 Å². The van der Waals surface area contributed by atoms with E-state index < -0.39 is 9.84 Å². The number of methoxy groups -OCH3 is 1. The first-order chi connectivity index (χ1) is 9.41. The Balaban J connectivity index is 2.15. The zero-order valence-corrected chi connectivity index (χ0v) is 12.6. The summed E-state index contributed by atoms with van der Waals surface area (Å²) in [6, 6.07) is 3.57. The standard InChI is InChI=1S/C11H14N4O3S2/c1-18-8-4-3-7(5-13-8)6-14-11-9(20(2,16)17)10(12)15-19-11/h3-5,14H,6H2,1-2H3,(H2,12,15). The highest BCUT2D eigenvalue weighted by molar-refractivity contribution is 7.91. The van der Waals surface area contributed by atoms with Crippen molar-refractivity contribution < 1.29 is 13.2 Å². The van der Waals surface area contributed by atoms with E-state index in [2.05, 4.69) is 14.7 Å². The molecule has 0 atom stereocenters. The average molecular weight is 314 g/mol. The minimum atomic E-state index is -3.41. The number of nitrogens with two attached hydrogens (primary N) is 1. The molecule has 108 valence electrons. The van der Waals surface area contributed by atoms with Crippen LogP contribution in [0.4, 0.5) is 10.8 Å². The number of hydrogen-bond acceptors (Lipinski definition) is 8. The summed E-state index contributed by atoms with van der Waals surface area (Å²) < 4.78 is 32.1. The number of nitrogen functional groups attached to an aromatic ring is 1. The fourth-order valence-corrected chi connectivity index (χ4v) is 3.65. The van der Waals surface area contributed by atoms with Gasteiger partial charge >= 0.3 is 0 Å². The maximum absolute atomic E-state index is 11.6. The number of pyridine rings is 1. The summed E-state index contributed by atoms with van der Waals surface area (Å²) in [7, 11) is -1.87. The van der Waals surface area contributed by atoms with Gasteiger partial charge in [-0.05, 0) is 17.1 Å². The smallest absolute Gasteiger partial charge is 0.212 e. The lowest BCUT2D eigenvalue weighted by Crippen LogP contribution is -2.06. The van der Waals surface area contributed by atoms with E-state index in [1.54, 1.807) is 19.4 Å². The Hall–Kier alpha value is -1.87. The maximum atomic E-state index is 11.6. The van der Waals surface area contributed by atoms with Crippen molar-refractivity contribution in [3.8, 4) is 5.88 Å². The summed E-state index contributed by atoms with van der Waals surface area (Å²) in [5.41, 5.74) is 6.47. The maximum Gasteiger partial charge on any atom is 0.212 e. The van der Waals surface area contributed by atoms with E-state index in [1.807, 2.05) is 6.07 Å². The second kappa shape index (κ2) is 5.63. The fraction of sp³-hybridized carbons (Fsp3) is 0.273. The molecule has 0 spiro atoms. The van der Waals surface area contributed by atoms with Crippen molar-refractivity contribution in [2.45, 2.75) is 11.4 Å². The van der Waals surface area contributed by atoms with Crippen molar-refractivity contribution in [2.24, 2.45) is 0 Å². The molecule has 0 aliphatic carbocycles. The lowest BCUT2D eigenvalue weighted by Gasteiger charge is -2.06. The number of aromatic nitrogens is 2. The molecule has 9 heteroatoms. The van der Waals surface area contributed by atoms with E-state index in [1.165, 1.54) is 0 Å². The van der Waals surface area contributed by atoms with E-state index in [9.17, 15) is 8.42 Å². The van der Waals surface area contributed by atoms with Crippen molar-refractivity contribution in [1.82, 2.24) is 9.36 Å². The van der Waals surface area contributed by atoms with Gasteiger partial charge in [-0.2, -0.15) is 4.37 Å². The Bertz CT molecular complexity index is 695. The molecule has 7 nitrogen and oxygen atoms in total. The highest BCUT2D eigenvalue weighted by Gasteiger charge is 2.20. The molecule has 0 amide bonds. The van der Waals surface area contributed by atoms with Gasteiger partial charge in [-0.25, -0.2) is 13.4 Å². The SMILES string of the molecule is COc1ccc(CNc2snc(N)c2S(C)(=O)=O)cn1. The molecule has 0 saturated carbocycles. The summed E-state index contributed by atoms with van der Waals surface area (Å²) >= 11 is 1.02. The van der Waals surface area contributed by atoms with Gasteiger partial charge in [0.25, 0.3) is 0 Å². The molecular weight excluding hydrogens is 300 g/mol. The van der Waals surface area contributed by atoms with E-state index in [0.29, 0.717) is 17.4 Å². The second-order valence-electron chi connectivity index (χ2n) is 4.06. The van der Waals surface area contributed by atoms with Crippen LogP contribution in [-0.4, -0.2) is 31.1 Å². The third kappa shape index (κ3) is 3.17. The van der Waals surface area contributed by atoms with Crippen molar-refractivity contribution in [3.05, 3.63) is 23.9 Å². The van der Waals surface area contributed by atoms with Crippen LogP contribution >= 0.6 is 11.5 Å². The first-order valence-corrected chi connectivity index (χ1v) is 8.26. The summed E-state index contributed by atoms with van der Waals surface area (Å²) in [5, 5.41) is 3.44. The molecule has 0 fully saturated rings. The van der Waals surface area contributed by atoms with Gasteiger partial charge in [0.1, 0.15) is 9.90 Å². The number of hydrogen-bond donors (Lipinski definition) is 2. The second-order valence-corrected chi connectivity index (χ2v) is 6.79. The molecular formula is C11H14N4O3S2. The highest BCUT2D eigenvalue weighted by Crippen LogP contribution is 2.31. The van der Waals surface area contributed by atoms with Gasteiger partial charge in [0.2, 0.25) is 5.88 Å². The van der Waals surface area contributed by atoms with Crippen LogP contribution in [0.5, 0.6) is 5.88 Å². The van der Waals surface area contributed by atoms with Crippen LogP contribution in [0.25, 0.3) is 0 Å². The lowest BCUT2D eigenvalue weighted by molar-refractivity contribution is 0.397. The molecule has 0 aliphatic rings. The van der Waals surface area contributed by atoms with E-state index in [4.69, 9.17) is 10.5 Å². The van der Waals surface area contributed by atoms with E-state index in [0.717, 1.165) is 23.4 Å². The van der Waals surface area contributed by atoms with Gasteiger partial charge in [0, 0.05) is 25.1 Å². The van der Waals surface area contributed by atoms with Gasteiger partial charge in [-0.1, -0.05) is 6.07 Å². The molecule has 0 bridgehead atoms. The summed E-state index contributed by atoms with van der Waals surface area (Å²) in [5.74, 6) is 0.542. The molecule has 0 radical (unpaired) electrons. The highest BCUT2D eigenvalue weighted by atomic mass is 32.2. The fourth-order valence-electron chi connectivity index (χ4n) is 1.58. The molecule has 2 heterocycles. The predicted octanol–water partition coefficient (Wildman–Crippen LogP) is 1.14. The van der Waals surface area contributed by atoms with Crippen LogP contribution in [0.1, 0.15) is 5.56 Å². The van der Waals surface area contributed by atoms with E-state index >= 15 is 0 Å². The number of anilines is 2. The monoisotopic (exact) mass is 314 g/mol. The number of rotatable bonds is 5. The predicted molar refractivity (Wildman–Crippen MR) is 77.8 cm³/mol. The van der Waals surface area contributed by atoms with Gasteiger partial charge in [0.05, 0.1) is 7.11 Å². The Morgan fingerprint density at radius 2 is 2.20 bits per heavy atom. The van der Waals surface area contributed by atoms with Crippen molar-refractivity contribution in [1.29, 1.82) is 0 Å². The lowest BCUT2D eigenvalue weighted by atomic mass is 10.3. The topological polar surface area (TPSA) is 107 Å².